The number of aromatic nitrogens is 1. The van der Waals surface area contributed by atoms with Gasteiger partial charge in [-0.25, -0.2) is 4.98 Å². The Morgan fingerprint density at radius 1 is 1.53 bits per heavy atom. The Kier molecular flexibility index (Phi) is 5.02. The third-order valence-corrected chi connectivity index (χ3v) is 3.66. The van der Waals surface area contributed by atoms with Gasteiger partial charge >= 0.3 is 0 Å². The summed E-state index contributed by atoms with van der Waals surface area (Å²) in [4.78, 5) is 4.15. The molecule has 4 nitrogen and oxygen atoms in total. The number of hydrogen-bond acceptors (Lipinski definition) is 4. The molecule has 1 saturated carbocycles. The largest absolute Gasteiger partial charge is 0.383 e. The van der Waals surface area contributed by atoms with Crippen molar-refractivity contribution >= 4 is 17.4 Å². The molecule has 1 aromatic rings. The number of halogens is 1. The Morgan fingerprint density at radius 2 is 2.26 bits per heavy atom. The maximum absolute atomic E-state index is 6.05. The minimum absolute atomic E-state index is 0.0589. The van der Waals surface area contributed by atoms with Crippen molar-refractivity contribution < 1.29 is 4.74 Å². The number of nitrogens with zero attached hydrogens (tertiary/aromatic N) is 1. The molecule has 0 spiro atoms. The Hall–Kier alpha value is -0.840. The molecule has 2 atom stereocenters. The molecule has 0 amide bonds. The zero-order valence-electron chi connectivity index (χ0n) is 11.5. The fourth-order valence-electron chi connectivity index (χ4n) is 2.46. The van der Waals surface area contributed by atoms with Crippen LogP contribution in [0.3, 0.4) is 0 Å². The topological polar surface area (TPSA) is 60.2 Å². The van der Waals surface area contributed by atoms with E-state index in [1.807, 2.05) is 13.0 Å². The van der Waals surface area contributed by atoms with Gasteiger partial charge in [0.2, 0.25) is 0 Å². The van der Waals surface area contributed by atoms with Crippen molar-refractivity contribution in [2.75, 3.05) is 18.9 Å². The number of pyridine rings is 1. The van der Waals surface area contributed by atoms with Gasteiger partial charge in [-0.3, -0.25) is 0 Å². The second kappa shape index (κ2) is 6.55. The molecule has 2 unspecified atom stereocenters. The molecule has 19 heavy (non-hydrogen) atoms. The van der Waals surface area contributed by atoms with Crippen LogP contribution in [0, 0.1) is 5.92 Å². The van der Waals surface area contributed by atoms with Crippen molar-refractivity contribution in [2.45, 2.75) is 38.8 Å². The molecule has 2 rings (SSSR count). The molecular weight excluding hydrogens is 262 g/mol. The van der Waals surface area contributed by atoms with E-state index in [-0.39, 0.29) is 12.1 Å². The van der Waals surface area contributed by atoms with Gasteiger partial charge in [0.25, 0.3) is 0 Å². The standard InChI is InChI=1S/C14H22ClN3O/c1-3-17-12(13(19-4-2)9-5-6-9)11-7-10(15)8-18-14(11)16/h7-9,12-13,17H,3-6H2,1-2H3,(H2,16,18). The first-order valence-electron chi connectivity index (χ1n) is 6.93. The molecule has 1 fully saturated rings. The van der Waals surface area contributed by atoms with Gasteiger partial charge in [0.15, 0.2) is 0 Å². The van der Waals surface area contributed by atoms with Crippen LogP contribution in [0.4, 0.5) is 5.82 Å². The van der Waals surface area contributed by atoms with Crippen LogP contribution in [-0.2, 0) is 4.74 Å². The van der Waals surface area contributed by atoms with Crippen LogP contribution in [-0.4, -0.2) is 24.2 Å². The molecule has 1 aromatic heterocycles. The summed E-state index contributed by atoms with van der Waals surface area (Å²) in [5.74, 6) is 1.14. The lowest BCUT2D eigenvalue weighted by molar-refractivity contribution is 0.0190. The summed E-state index contributed by atoms with van der Waals surface area (Å²) in [6.07, 6.45) is 4.17. The fourth-order valence-corrected chi connectivity index (χ4v) is 2.63. The molecule has 0 radical (unpaired) electrons. The maximum Gasteiger partial charge on any atom is 0.128 e. The van der Waals surface area contributed by atoms with Crippen LogP contribution in [0.1, 0.15) is 38.3 Å². The SMILES string of the molecule is CCNC(c1cc(Cl)cnc1N)C(OCC)C1CC1. The van der Waals surface area contributed by atoms with Crippen molar-refractivity contribution in [1.82, 2.24) is 10.3 Å². The van der Waals surface area contributed by atoms with E-state index in [9.17, 15) is 0 Å². The highest BCUT2D eigenvalue weighted by molar-refractivity contribution is 6.30. The summed E-state index contributed by atoms with van der Waals surface area (Å²) >= 11 is 6.05. The van der Waals surface area contributed by atoms with E-state index < -0.39 is 0 Å². The smallest absolute Gasteiger partial charge is 0.128 e. The monoisotopic (exact) mass is 283 g/mol. The number of likely N-dealkylation sites (N-methyl/N-ethyl adjacent to an activating group) is 1. The lowest BCUT2D eigenvalue weighted by atomic mass is 9.98. The number of hydrogen-bond donors (Lipinski definition) is 2. The highest BCUT2D eigenvalue weighted by Gasteiger charge is 2.38. The predicted octanol–water partition coefficient (Wildman–Crippen LogP) is 2.78. The maximum atomic E-state index is 6.05. The number of nitrogens with two attached hydrogens (primary N) is 1. The number of nitrogens with one attached hydrogen (secondary N) is 1. The Labute approximate surface area is 119 Å². The van der Waals surface area contributed by atoms with Crippen molar-refractivity contribution in [1.29, 1.82) is 0 Å². The molecule has 3 N–H and O–H groups in total. The number of anilines is 1. The molecule has 1 aliphatic rings. The van der Waals surface area contributed by atoms with Crippen molar-refractivity contribution in [3.8, 4) is 0 Å². The van der Waals surface area contributed by atoms with Gasteiger partial charge < -0.3 is 15.8 Å². The first kappa shape index (κ1) is 14.6. The normalized spacial score (nSPS) is 18.3. The quantitative estimate of drug-likeness (QED) is 0.808. The summed E-state index contributed by atoms with van der Waals surface area (Å²) in [6.45, 7) is 5.67. The van der Waals surface area contributed by atoms with Gasteiger partial charge in [0.1, 0.15) is 5.82 Å². The van der Waals surface area contributed by atoms with Crippen LogP contribution in [0.5, 0.6) is 0 Å². The van der Waals surface area contributed by atoms with E-state index >= 15 is 0 Å². The minimum atomic E-state index is 0.0589. The Bertz CT molecular complexity index is 423. The van der Waals surface area contributed by atoms with Crippen LogP contribution in [0.2, 0.25) is 5.02 Å². The van der Waals surface area contributed by atoms with Gasteiger partial charge in [-0.05, 0) is 38.3 Å². The van der Waals surface area contributed by atoms with E-state index in [0.717, 1.165) is 12.1 Å². The Balaban J connectivity index is 2.28. The van der Waals surface area contributed by atoms with E-state index in [2.05, 4.69) is 17.2 Å². The average Bonchev–Trinajstić information content (AvgIpc) is 3.21. The third-order valence-electron chi connectivity index (χ3n) is 3.45. The van der Waals surface area contributed by atoms with Gasteiger partial charge in [-0.15, -0.1) is 0 Å². The van der Waals surface area contributed by atoms with Crippen LogP contribution in [0.15, 0.2) is 12.3 Å². The number of rotatable bonds is 7. The highest BCUT2D eigenvalue weighted by Crippen LogP contribution is 2.41. The van der Waals surface area contributed by atoms with Crippen molar-refractivity contribution in [2.24, 2.45) is 5.92 Å². The summed E-state index contributed by atoms with van der Waals surface area (Å²) in [5, 5.41) is 4.08. The average molecular weight is 284 g/mol. The third kappa shape index (κ3) is 3.59. The van der Waals surface area contributed by atoms with E-state index in [1.165, 1.54) is 12.8 Å². The second-order valence-corrected chi connectivity index (χ2v) is 5.36. The highest BCUT2D eigenvalue weighted by atomic mass is 35.5. The van der Waals surface area contributed by atoms with E-state index in [0.29, 0.717) is 23.4 Å². The minimum Gasteiger partial charge on any atom is -0.383 e. The molecule has 0 aliphatic heterocycles. The van der Waals surface area contributed by atoms with E-state index in [1.54, 1.807) is 6.20 Å². The molecular formula is C14H22ClN3O. The molecule has 0 aromatic carbocycles. The van der Waals surface area contributed by atoms with Gasteiger partial charge in [-0.1, -0.05) is 18.5 Å². The van der Waals surface area contributed by atoms with Gasteiger partial charge in [-0.2, -0.15) is 0 Å². The van der Waals surface area contributed by atoms with Crippen molar-refractivity contribution in [3.63, 3.8) is 0 Å². The van der Waals surface area contributed by atoms with Crippen LogP contribution < -0.4 is 11.1 Å². The van der Waals surface area contributed by atoms with Crippen molar-refractivity contribution in [3.05, 3.63) is 22.8 Å². The number of ether oxygens (including phenoxy) is 1. The van der Waals surface area contributed by atoms with Crippen LogP contribution in [0.25, 0.3) is 0 Å². The van der Waals surface area contributed by atoms with E-state index in [4.69, 9.17) is 22.1 Å². The zero-order chi connectivity index (χ0) is 13.8. The summed E-state index contributed by atoms with van der Waals surface area (Å²) in [7, 11) is 0. The zero-order valence-corrected chi connectivity index (χ0v) is 12.3. The van der Waals surface area contributed by atoms with Crippen LogP contribution >= 0.6 is 11.6 Å². The lowest BCUT2D eigenvalue weighted by Crippen LogP contribution is -2.36. The summed E-state index contributed by atoms with van der Waals surface area (Å²) < 4.78 is 5.94. The molecule has 5 heteroatoms. The first-order chi connectivity index (χ1) is 9.17. The predicted molar refractivity (Wildman–Crippen MR) is 78.2 cm³/mol. The molecule has 1 aliphatic carbocycles. The number of nitrogen functional groups attached to an aromatic ring is 1. The van der Waals surface area contributed by atoms with Gasteiger partial charge in [0.05, 0.1) is 17.2 Å². The fraction of sp³-hybridized carbons (Fsp3) is 0.643. The second-order valence-electron chi connectivity index (χ2n) is 4.92. The summed E-state index contributed by atoms with van der Waals surface area (Å²) in [5.41, 5.74) is 6.95. The summed E-state index contributed by atoms with van der Waals surface area (Å²) in [6, 6.07) is 1.95. The molecule has 0 saturated heterocycles. The molecule has 106 valence electrons. The van der Waals surface area contributed by atoms with Gasteiger partial charge in [0, 0.05) is 18.4 Å². The molecule has 1 heterocycles. The lowest BCUT2D eigenvalue weighted by Gasteiger charge is -2.28. The molecule has 0 bridgehead atoms. The Morgan fingerprint density at radius 3 is 2.84 bits per heavy atom. The first-order valence-corrected chi connectivity index (χ1v) is 7.31.